The number of carbonyl (C=O) groups excluding carboxylic acids is 2. The van der Waals surface area contributed by atoms with Crippen LogP contribution in [0.4, 0.5) is 11.4 Å². The molecule has 6 heteroatoms. The van der Waals surface area contributed by atoms with E-state index in [2.05, 4.69) is 10.3 Å². The van der Waals surface area contributed by atoms with Gasteiger partial charge in [0.2, 0.25) is 5.91 Å². The summed E-state index contributed by atoms with van der Waals surface area (Å²) in [6, 6.07) is 11.1. The summed E-state index contributed by atoms with van der Waals surface area (Å²) in [7, 11) is 0. The molecule has 1 heterocycles. The van der Waals surface area contributed by atoms with Crippen molar-refractivity contribution in [1.82, 2.24) is 0 Å². The highest BCUT2D eigenvalue weighted by Gasteiger charge is 2.22. The van der Waals surface area contributed by atoms with Gasteiger partial charge >= 0.3 is 0 Å². The Bertz CT molecular complexity index is 909. The van der Waals surface area contributed by atoms with E-state index < -0.39 is 0 Å². The number of ketones is 1. The maximum atomic E-state index is 12.4. The van der Waals surface area contributed by atoms with E-state index in [-0.39, 0.29) is 17.4 Å². The maximum Gasteiger partial charge on any atom is 0.234 e. The summed E-state index contributed by atoms with van der Waals surface area (Å²) in [5.74, 6) is 0.799. The lowest BCUT2D eigenvalue weighted by molar-refractivity contribution is -0.113. The van der Waals surface area contributed by atoms with Gasteiger partial charge in [0.05, 0.1) is 28.6 Å². The molecule has 0 saturated carbocycles. The van der Waals surface area contributed by atoms with Crippen molar-refractivity contribution in [1.29, 1.82) is 0 Å². The SMILES string of the molecule is Cc1cc(C)c2c(c1)N=C(CSCC(=O)Nc1ccccc1Cl)CC2=O. The number of nitrogens with one attached hydrogen (secondary N) is 1. The molecule has 134 valence electrons. The summed E-state index contributed by atoms with van der Waals surface area (Å²) in [4.78, 5) is 29.1. The summed E-state index contributed by atoms with van der Waals surface area (Å²) in [6.07, 6.45) is 0.316. The summed E-state index contributed by atoms with van der Waals surface area (Å²) in [5, 5.41) is 3.30. The maximum absolute atomic E-state index is 12.4. The third kappa shape index (κ3) is 4.34. The number of hydrogen-bond acceptors (Lipinski definition) is 4. The summed E-state index contributed by atoms with van der Waals surface area (Å²) in [5.41, 5.74) is 4.94. The molecule has 0 fully saturated rings. The molecule has 2 aromatic rings. The van der Waals surface area contributed by atoms with Crippen LogP contribution >= 0.6 is 23.4 Å². The third-order valence-corrected chi connectivity index (χ3v) is 5.36. The Balaban J connectivity index is 1.60. The highest BCUT2D eigenvalue weighted by Crippen LogP contribution is 2.30. The van der Waals surface area contributed by atoms with Crippen molar-refractivity contribution in [3.63, 3.8) is 0 Å². The fourth-order valence-electron chi connectivity index (χ4n) is 2.97. The number of thioether (sulfide) groups is 1. The lowest BCUT2D eigenvalue weighted by Gasteiger charge is -2.17. The summed E-state index contributed by atoms with van der Waals surface area (Å²) in [6.45, 7) is 3.94. The molecule has 26 heavy (non-hydrogen) atoms. The Kier molecular flexibility index (Phi) is 5.79. The normalized spacial score (nSPS) is 13.2. The predicted molar refractivity (Wildman–Crippen MR) is 109 cm³/mol. The van der Waals surface area contributed by atoms with Crippen molar-refractivity contribution in [3.05, 3.63) is 58.1 Å². The number of hydrogen-bond donors (Lipinski definition) is 1. The minimum atomic E-state index is -0.127. The van der Waals surface area contributed by atoms with Gasteiger partial charge in [0.25, 0.3) is 0 Å². The number of rotatable bonds is 5. The Labute approximate surface area is 162 Å². The Hall–Kier alpha value is -2.11. The molecular weight excluding hydrogens is 368 g/mol. The number of benzene rings is 2. The van der Waals surface area contributed by atoms with E-state index >= 15 is 0 Å². The molecule has 0 atom stereocenters. The van der Waals surface area contributed by atoms with Gasteiger partial charge in [-0.25, -0.2) is 0 Å². The first-order valence-corrected chi connectivity index (χ1v) is 9.80. The predicted octanol–water partition coefficient (Wildman–Crippen LogP) is 4.99. The second-order valence-corrected chi connectivity index (χ2v) is 7.67. The molecule has 0 aliphatic carbocycles. The van der Waals surface area contributed by atoms with Gasteiger partial charge in [-0.3, -0.25) is 14.6 Å². The van der Waals surface area contributed by atoms with Crippen LogP contribution in [0.2, 0.25) is 5.02 Å². The van der Waals surface area contributed by atoms with Gasteiger partial charge in [0, 0.05) is 17.0 Å². The van der Waals surface area contributed by atoms with Crippen molar-refractivity contribution in [2.75, 3.05) is 16.8 Å². The van der Waals surface area contributed by atoms with E-state index in [0.29, 0.717) is 22.9 Å². The smallest absolute Gasteiger partial charge is 0.234 e. The molecule has 0 saturated heterocycles. The average Bonchev–Trinajstić information content (AvgIpc) is 2.56. The molecule has 1 aliphatic rings. The van der Waals surface area contributed by atoms with Gasteiger partial charge < -0.3 is 5.32 Å². The molecule has 0 unspecified atom stereocenters. The largest absolute Gasteiger partial charge is 0.324 e. The fourth-order valence-corrected chi connectivity index (χ4v) is 3.92. The highest BCUT2D eigenvalue weighted by atomic mass is 35.5. The monoisotopic (exact) mass is 386 g/mol. The number of amides is 1. The van der Waals surface area contributed by atoms with Crippen LogP contribution in [0, 0.1) is 13.8 Å². The van der Waals surface area contributed by atoms with Crippen molar-refractivity contribution >= 4 is 52.1 Å². The van der Waals surface area contributed by atoms with Crippen LogP contribution < -0.4 is 5.32 Å². The van der Waals surface area contributed by atoms with E-state index in [0.717, 1.165) is 28.1 Å². The first kappa shape index (κ1) is 18.7. The number of aryl methyl sites for hydroxylation is 2. The number of aliphatic imine (C=N–C) groups is 1. The topological polar surface area (TPSA) is 58.5 Å². The molecule has 1 amide bonds. The van der Waals surface area contributed by atoms with Crippen LogP contribution in [0.25, 0.3) is 0 Å². The summed E-state index contributed by atoms with van der Waals surface area (Å²) < 4.78 is 0. The number of nitrogens with zero attached hydrogens (tertiary/aromatic N) is 1. The number of carbonyl (C=O) groups is 2. The van der Waals surface area contributed by atoms with Crippen LogP contribution in [0.5, 0.6) is 0 Å². The first-order chi connectivity index (χ1) is 12.4. The second-order valence-electron chi connectivity index (χ2n) is 6.27. The van der Waals surface area contributed by atoms with Crippen LogP contribution in [-0.2, 0) is 4.79 Å². The van der Waals surface area contributed by atoms with Crippen molar-refractivity contribution in [2.45, 2.75) is 20.3 Å². The van der Waals surface area contributed by atoms with Gasteiger partial charge in [0.1, 0.15) is 0 Å². The van der Waals surface area contributed by atoms with Gasteiger partial charge in [-0.1, -0.05) is 29.8 Å². The second kappa shape index (κ2) is 8.06. The lowest BCUT2D eigenvalue weighted by Crippen LogP contribution is -2.19. The highest BCUT2D eigenvalue weighted by molar-refractivity contribution is 8.00. The molecule has 4 nitrogen and oxygen atoms in total. The fraction of sp³-hybridized carbons (Fsp3) is 0.250. The standard InChI is InChI=1S/C20H19ClN2O2S/c1-12-7-13(2)20-17(8-12)22-14(9-18(20)24)10-26-11-19(25)23-16-6-4-3-5-15(16)21/h3-8H,9-11H2,1-2H3,(H,23,25). The van der Waals surface area contributed by atoms with E-state index in [1.807, 2.05) is 38.1 Å². The zero-order chi connectivity index (χ0) is 18.7. The number of halogens is 1. The number of fused-ring (bicyclic) bond motifs is 1. The Morgan fingerprint density at radius 2 is 2.04 bits per heavy atom. The molecule has 2 aromatic carbocycles. The Morgan fingerprint density at radius 3 is 2.81 bits per heavy atom. The first-order valence-electron chi connectivity index (χ1n) is 8.27. The van der Waals surface area contributed by atoms with Crippen molar-refractivity contribution in [3.8, 4) is 0 Å². The molecule has 0 radical (unpaired) electrons. The van der Waals surface area contributed by atoms with Gasteiger partial charge in [-0.15, -0.1) is 11.8 Å². The van der Waals surface area contributed by atoms with E-state index in [1.165, 1.54) is 11.8 Å². The average molecular weight is 387 g/mol. The molecule has 3 rings (SSSR count). The molecule has 0 bridgehead atoms. The summed E-state index contributed by atoms with van der Waals surface area (Å²) >= 11 is 7.48. The zero-order valence-corrected chi connectivity index (χ0v) is 16.2. The van der Waals surface area contributed by atoms with Crippen LogP contribution in [0.15, 0.2) is 41.4 Å². The third-order valence-electron chi connectivity index (χ3n) is 4.03. The van der Waals surface area contributed by atoms with Crippen LogP contribution in [0.3, 0.4) is 0 Å². The van der Waals surface area contributed by atoms with E-state index in [4.69, 9.17) is 11.6 Å². The Morgan fingerprint density at radius 1 is 1.27 bits per heavy atom. The molecule has 1 aliphatic heterocycles. The van der Waals surface area contributed by atoms with Gasteiger partial charge in [-0.2, -0.15) is 0 Å². The van der Waals surface area contributed by atoms with Crippen molar-refractivity contribution < 1.29 is 9.59 Å². The lowest BCUT2D eigenvalue weighted by atomic mass is 9.94. The molecular formula is C20H19ClN2O2S. The van der Waals surface area contributed by atoms with Crippen LogP contribution in [0.1, 0.15) is 27.9 Å². The number of Topliss-reactive ketones (excluding diaryl/α,β-unsaturated/α-hetero) is 1. The van der Waals surface area contributed by atoms with E-state index in [1.54, 1.807) is 12.1 Å². The molecule has 1 N–H and O–H groups in total. The van der Waals surface area contributed by atoms with E-state index in [9.17, 15) is 9.59 Å². The molecule has 0 aromatic heterocycles. The van der Waals surface area contributed by atoms with Gasteiger partial charge in [-0.05, 0) is 43.2 Å². The number of anilines is 1. The van der Waals surface area contributed by atoms with Crippen LogP contribution in [-0.4, -0.2) is 28.9 Å². The van der Waals surface area contributed by atoms with Crippen molar-refractivity contribution in [2.24, 2.45) is 4.99 Å². The minimum absolute atomic E-state index is 0.101. The van der Waals surface area contributed by atoms with Gasteiger partial charge in [0.15, 0.2) is 5.78 Å². The zero-order valence-electron chi connectivity index (χ0n) is 14.6. The quantitative estimate of drug-likeness (QED) is 0.787. The minimum Gasteiger partial charge on any atom is -0.324 e. The molecule has 0 spiro atoms. The number of para-hydroxylation sites is 1.